The summed E-state index contributed by atoms with van der Waals surface area (Å²) in [5.41, 5.74) is 1.50. The summed E-state index contributed by atoms with van der Waals surface area (Å²) in [7, 11) is 0. The minimum Gasteiger partial charge on any atom is -0.395 e. The van der Waals surface area contributed by atoms with E-state index in [2.05, 4.69) is 14.9 Å². The van der Waals surface area contributed by atoms with Crippen LogP contribution >= 0.6 is 11.6 Å². The number of halogens is 1. The highest BCUT2D eigenvalue weighted by Gasteiger charge is 2.32. The van der Waals surface area contributed by atoms with E-state index < -0.39 is 0 Å². The number of rotatable bonds is 6. The number of aliphatic hydroxyl groups is 1. The number of aromatic nitrogens is 2. The van der Waals surface area contributed by atoms with E-state index in [-0.39, 0.29) is 23.2 Å². The molecule has 2 aromatic rings. The first kappa shape index (κ1) is 19.4. The van der Waals surface area contributed by atoms with Crippen molar-refractivity contribution in [2.75, 3.05) is 31.1 Å². The quantitative estimate of drug-likeness (QED) is 0.803. The van der Waals surface area contributed by atoms with Gasteiger partial charge in [0.1, 0.15) is 5.02 Å². The molecule has 0 amide bonds. The van der Waals surface area contributed by atoms with E-state index in [0.29, 0.717) is 12.6 Å². The summed E-state index contributed by atoms with van der Waals surface area (Å²) in [6, 6.07) is 10.4. The van der Waals surface area contributed by atoms with Gasteiger partial charge in [0.15, 0.2) is 0 Å². The first-order valence-corrected chi connectivity index (χ1v) is 10.5. The molecule has 2 atom stereocenters. The van der Waals surface area contributed by atoms with Crippen molar-refractivity contribution in [3.63, 3.8) is 0 Å². The fraction of sp³-hybridized carbons (Fsp3) is 0.524. The Bertz CT molecular complexity index is 857. The molecule has 7 heteroatoms. The zero-order chi connectivity index (χ0) is 19.5. The highest BCUT2D eigenvalue weighted by atomic mass is 35.5. The zero-order valence-electron chi connectivity index (χ0n) is 16.0. The van der Waals surface area contributed by atoms with Gasteiger partial charge in [-0.3, -0.25) is 9.69 Å². The van der Waals surface area contributed by atoms with Crippen molar-refractivity contribution in [3.8, 4) is 0 Å². The van der Waals surface area contributed by atoms with Crippen LogP contribution in [0.15, 0.2) is 41.3 Å². The number of hydrogen-bond acceptors (Lipinski definition) is 5. The Morgan fingerprint density at radius 1 is 1.11 bits per heavy atom. The number of nitrogens with zero attached hydrogens (tertiary/aromatic N) is 4. The predicted octanol–water partition coefficient (Wildman–Crippen LogP) is 2.37. The van der Waals surface area contributed by atoms with E-state index in [1.165, 1.54) is 4.68 Å². The molecule has 0 spiro atoms. The van der Waals surface area contributed by atoms with Crippen LogP contribution in [0.4, 0.5) is 5.69 Å². The SMILES string of the molecule is O=c1c(Cl)c(N2CCCC2CN2CCCC2CO)cnn1Cc1ccccc1. The van der Waals surface area contributed by atoms with Gasteiger partial charge in [-0.25, -0.2) is 4.68 Å². The van der Waals surface area contributed by atoms with Crippen molar-refractivity contribution in [2.45, 2.75) is 44.3 Å². The predicted molar refractivity (Wildman–Crippen MR) is 111 cm³/mol. The second kappa shape index (κ2) is 8.64. The first-order valence-electron chi connectivity index (χ1n) is 10.1. The van der Waals surface area contributed by atoms with Crippen LogP contribution in [0, 0.1) is 0 Å². The van der Waals surface area contributed by atoms with Gasteiger partial charge in [0, 0.05) is 25.2 Å². The summed E-state index contributed by atoms with van der Waals surface area (Å²) in [4.78, 5) is 17.4. The maximum absolute atomic E-state index is 12.8. The van der Waals surface area contributed by atoms with Crippen molar-refractivity contribution in [1.29, 1.82) is 0 Å². The van der Waals surface area contributed by atoms with Crippen molar-refractivity contribution in [3.05, 3.63) is 57.5 Å². The molecule has 1 aromatic carbocycles. The molecule has 0 aliphatic carbocycles. The van der Waals surface area contributed by atoms with E-state index in [1.54, 1.807) is 6.20 Å². The van der Waals surface area contributed by atoms with E-state index in [9.17, 15) is 9.90 Å². The maximum atomic E-state index is 12.8. The smallest absolute Gasteiger partial charge is 0.287 e. The number of likely N-dealkylation sites (tertiary alicyclic amines) is 1. The van der Waals surface area contributed by atoms with Crippen molar-refractivity contribution >= 4 is 17.3 Å². The van der Waals surface area contributed by atoms with Crippen molar-refractivity contribution in [2.24, 2.45) is 0 Å². The second-order valence-electron chi connectivity index (χ2n) is 7.76. The molecule has 2 fully saturated rings. The Kier molecular flexibility index (Phi) is 5.99. The summed E-state index contributed by atoms with van der Waals surface area (Å²) >= 11 is 6.51. The van der Waals surface area contributed by atoms with E-state index in [0.717, 1.165) is 56.6 Å². The molecule has 2 aliphatic heterocycles. The molecule has 150 valence electrons. The molecule has 4 rings (SSSR count). The van der Waals surface area contributed by atoms with Crippen LogP contribution in [0.2, 0.25) is 5.02 Å². The van der Waals surface area contributed by atoms with Gasteiger partial charge in [-0.2, -0.15) is 5.10 Å². The molecular weight excluding hydrogens is 376 g/mol. The van der Waals surface area contributed by atoms with Gasteiger partial charge >= 0.3 is 0 Å². The number of anilines is 1. The third kappa shape index (κ3) is 3.95. The first-order chi connectivity index (χ1) is 13.7. The van der Waals surface area contributed by atoms with Crippen LogP contribution in [-0.2, 0) is 6.54 Å². The highest BCUT2D eigenvalue weighted by Crippen LogP contribution is 2.31. The molecule has 3 heterocycles. The minimum absolute atomic E-state index is 0.213. The lowest BCUT2D eigenvalue weighted by Gasteiger charge is -2.32. The normalized spacial score (nSPS) is 22.9. The van der Waals surface area contributed by atoms with Crippen LogP contribution in [0.25, 0.3) is 0 Å². The third-order valence-electron chi connectivity index (χ3n) is 5.98. The molecule has 0 saturated carbocycles. The molecule has 1 aromatic heterocycles. The van der Waals surface area contributed by atoms with E-state index in [1.807, 2.05) is 30.3 Å². The summed E-state index contributed by atoms with van der Waals surface area (Å²) in [5, 5.41) is 14.2. The molecule has 6 nitrogen and oxygen atoms in total. The van der Waals surface area contributed by atoms with Crippen LogP contribution in [0.1, 0.15) is 31.2 Å². The van der Waals surface area contributed by atoms with E-state index in [4.69, 9.17) is 11.6 Å². The average Bonchev–Trinajstić information content (AvgIpc) is 3.36. The van der Waals surface area contributed by atoms with Gasteiger partial charge in [0.2, 0.25) is 0 Å². The molecule has 0 bridgehead atoms. The van der Waals surface area contributed by atoms with Gasteiger partial charge < -0.3 is 10.0 Å². The molecule has 2 unspecified atom stereocenters. The Hall–Kier alpha value is -1.89. The number of benzene rings is 1. The molecule has 1 N–H and O–H groups in total. The van der Waals surface area contributed by atoms with Crippen LogP contribution in [0.3, 0.4) is 0 Å². The second-order valence-corrected chi connectivity index (χ2v) is 8.13. The Balaban J connectivity index is 1.53. The van der Waals surface area contributed by atoms with Gasteiger partial charge in [0.25, 0.3) is 5.56 Å². The third-order valence-corrected chi connectivity index (χ3v) is 6.34. The Labute approximate surface area is 170 Å². The summed E-state index contributed by atoms with van der Waals surface area (Å²) in [6.07, 6.45) is 6.07. The number of hydrogen-bond donors (Lipinski definition) is 1. The molecular formula is C21H27ClN4O2. The summed E-state index contributed by atoms with van der Waals surface area (Å²) < 4.78 is 1.43. The van der Waals surface area contributed by atoms with Crippen molar-refractivity contribution < 1.29 is 5.11 Å². The van der Waals surface area contributed by atoms with Crippen LogP contribution in [-0.4, -0.2) is 58.1 Å². The summed E-state index contributed by atoms with van der Waals surface area (Å²) in [6.45, 7) is 3.43. The minimum atomic E-state index is -0.247. The van der Waals surface area contributed by atoms with Crippen molar-refractivity contribution in [1.82, 2.24) is 14.7 Å². The van der Waals surface area contributed by atoms with Crippen LogP contribution in [0.5, 0.6) is 0 Å². The van der Waals surface area contributed by atoms with Gasteiger partial charge in [-0.05, 0) is 37.8 Å². The van der Waals surface area contributed by atoms with Gasteiger partial charge in [-0.15, -0.1) is 0 Å². The lowest BCUT2D eigenvalue weighted by atomic mass is 10.1. The zero-order valence-corrected chi connectivity index (χ0v) is 16.8. The van der Waals surface area contributed by atoms with Gasteiger partial charge in [0.05, 0.1) is 25.0 Å². The maximum Gasteiger partial charge on any atom is 0.287 e. The largest absolute Gasteiger partial charge is 0.395 e. The fourth-order valence-electron chi connectivity index (χ4n) is 4.48. The average molecular weight is 403 g/mol. The monoisotopic (exact) mass is 402 g/mol. The lowest BCUT2D eigenvalue weighted by Crippen LogP contribution is -2.44. The molecule has 2 aliphatic rings. The number of aliphatic hydroxyl groups excluding tert-OH is 1. The van der Waals surface area contributed by atoms with Crippen LogP contribution < -0.4 is 10.5 Å². The Morgan fingerprint density at radius 2 is 1.86 bits per heavy atom. The van der Waals surface area contributed by atoms with Gasteiger partial charge in [-0.1, -0.05) is 41.9 Å². The summed E-state index contributed by atoms with van der Waals surface area (Å²) in [5.74, 6) is 0. The molecule has 28 heavy (non-hydrogen) atoms. The Morgan fingerprint density at radius 3 is 2.64 bits per heavy atom. The molecule has 2 saturated heterocycles. The molecule has 0 radical (unpaired) electrons. The lowest BCUT2D eigenvalue weighted by molar-refractivity contribution is 0.153. The topological polar surface area (TPSA) is 61.6 Å². The fourth-order valence-corrected chi connectivity index (χ4v) is 4.74. The standard InChI is InChI=1S/C21H27ClN4O2/c22-20-19(12-23-26(21(20)28)13-16-6-2-1-3-7-16)25-11-5-8-17(25)14-24-10-4-9-18(24)15-27/h1-3,6-7,12,17-18,27H,4-5,8-11,13-15H2. The highest BCUT2D eigenvalue weighted by molar-refractivity contribution is 6.33. The van der Waals surface area contributed by atoms with E-state index >= 15 is 0 Å².